The smallest absolute Gasteiger partial charge is 0.232 e. The fourth-order valence-electron chi connectivity index (χ4n) is 2.40. The van der Waals surface area contributed by atoms with Crippen molar-refractivity contribution >= 4 is 23.2 Å². The first-order chi connectivity index (χ1) is 9.74. The Bertz CT molecular complexity index is 653. The number of amides is 2. The fourth-order valence-corrected chi connectivity index (χ4v) is 2.40. The SMILES string of the molecule is O=C(CC1C(=O)Nc2ccccc21)Nc1ccccc1. The zero-order valence-corrected chi connectivity index (χ0v) is 10.8. The molecular formula is C16H14N2O2. The van der Waals surface area contributed by atoms with Crippen molar-refractivity contribution in [2.24, 2.45) is 0 Å². The molecule has 4 nitrogen and oxygen atoms in total. The van der Waals surface area contributed by atoms with Gasteiger partial charge in [0.05, 0.1) is 5.92 Å². The molecule has 20 heavy (non-hydrogen) atoms. The zero-order valence-electron chi connectivity index (χ0n) is 10.8. The van der Waals surface area contributed by atoms with Gasteiger partial charge >= 0.3 is 0 Å². The van der Waals surface area contributed by atoms with E-state index in [0.717, 1.165) is 16.9 Å². The Kier molecular flexibility index (Phi) is 3.21. The van der Waals surface area contributed by atoms with Gasteiger partial charge in [0.25, 0.3) is 0 Å². The Morgan fingerprint density at radius 3 is 2.55 bits per heavy atom. The van der Waals surface area contributed by atoms with E-state index < -0.39 is 5.92 Å². The summed E-state index contributed by atoms with van der Waals surface area (Å²) < 4.78 is 0. The van der Waals surface area contributed by atoms with E-state index in [0.29, 0.717) is 0 Å². The molecule has 3 rings (SSSR count). The van der Waals surface area contributed by atoms with Crippen molar-refractivity contribution in [2.75, 3.05) is 10.6 Å². The number of fused-ring (bicyclic) bond motifs is 1. The van der Waals surface area contributed by atoms with Crippen LogP contribution < -0.4 is 10.6 Å². The lowest BCUT2D eigenvalue weighted by molar-refractivity contribution is -0.122. The summed E-state index contributed by atoms with van der Waals surface area (Å²) in [5, 5.41) is 5.60. The van der Waals surface area contributed by atoms with E-state index in [1.807, 2.05) is 54.6 Å². The zero-order chi connectivity index (χ0) is 13.9. The molecule has 0 saturated heterocycles. The number of rotatable bonds is 3. The number of hydrogen-bond acceptors (Lipinski definition) is 2. The highest BCUT2D eigenvalue weighted by Gasteiger charge is 2.31. The number of hydrogen-bond donors (Lipinski definition) is 2. The summed E-state index contributed by atoms with van der Waals surface area (Å²) in [6.07, 6.45) is 0.151. The number of carbonyl (C=O) groups excluding carboxylic acids is 2. The Hall–Kier alpha value is -2.62. The third-order valence-electron chi connectivity index (χ3n) is 3.36. The van der Waals surface area contributed by atoms with Crippen molar-refractivity contribution in [2.45, 2.75) is 12.3 Å². The molecule has 1 aliphatic heterocycles. The summed E-state index contributed by atoms with van der Waals surface area (Å²) in [5.74, 6) is -0.683. The van der Waals surface area contributed by atoms with E-state index in [4.69, 9.17) is 0 Å². The normalized spacial score (nSPS) is 16.4. The van der Waals surface area contributed by atoms with Gasteiger partial charge in [-0.25, -0.2) is 0 Å². The largest absolute Gasteiger partial charge is 0.326 e. The number of para-hydroxylation sites is 2. The van der Waals surface area contributed by atoms with Crippen molar-refractivity contribution in [3.8, 4) is 0 Å². The highest BCUT2D eigenvalue weighted by molar-refractivity contribution is 6.06. The molecule has 2 aromatic rings. The molecule has 0 spiro atoms. The van der Waals surface area contributed by atoms with Crippen molar-refractivity contribution in [1.82, 2.24) is 0 Å². The molecule has 1 aliphatic rings. The second-order valence-corrected chi connectivity index (χ2v) is 4.75. The number of benzene rings is 2. The first-order valence-electron chi connectivity index (χ1n) is 6.49. The molecule has 2 aromatic carbocycles. The Balaban J connectivity index is 1.72. The summed E-state index contributed by atoms with van der Waals surface area (Å²) in [6.45, 7) is 0. The lowest BCUT2D eigenvalue weighted by Gasteiger charge is -2.09. The molecule has 2 N–H and O–H groups in total. The molecular weight excluding hydrogens is 252 g/mol. The van der Waals surface area contributed by atoms with Crippen LogP contribution in [0.5, 0.6) is 0 Å². The van der Waals surface area contributed by atoms with Gasteiger partial charge in [-0.05, 0) is 23.8 Å². The van der Waals surface area contributed by atoms with Gasteiger partial charge in [-0.1, -0.05) is 36.4 Å². The molecule has 1 unspecified atom stereocenters. The first kappa shape index (κ1) is 12.4. The van der Waals surface area contributed by atoms with Gasteiger partial charge in [0, 0.05) is 17.8 Å². The van der Waals surface area contributed by atoms with Crippen molar-refractivity contribution in [3.63, 3.8) is 0 Å². The van der Waals surface area contributed by atoms with Crippen LogP contribution in [-0.2, 0) is 9.59 Å². The van der Waals surface area contributed by atoms with Gasteiger partial charge in [0.15, 0.2) is 0 Å². The lowest BCUT2D eigenvalue weighted by atomic mass is 9.97. The minimum atomic E-state index is -0.407. The third-order valence-corrected chi connectivity index (χ3v) is 3.36. The molecule has 1 heterocycles. The number of anilines is 2. The average molecular weight is 266 g/mol. The van der Waals surface area contributed by atoms with Crippen LogP contribution >= 0.6 is 0 Å². The molecule has 0 saturated carbocycles. The molecule has 0 aromatic heterocycles. The lowest BCUT2D eigenvalue weighted by Crippen LogP contribution is -2.20. The van der Waals surface area contributed by atoms with Gasteiger partial charge < -0.3 is 10.6 Å². The van der Waals surface area contributed by atoms with Crippen LogP contribution in [0.2, 0.25) is 0 Å². The summed E-state index contributed by atoms with van der Waals surface area (Å²) in [6, 6.07) is 16.7. The van der Waals surface area contributed by atoms with E-state index in [1.165, 1.54) is 0 Å². The summed E-state index contributed by atoms with van der Waals surface area (Å²) in [5.41, 5.74) is 2.43. The van der Waals surface area contributed by atoms with E-state index in [-0.39, 0.29) is 18.2 Å². The van der Waals surface area contributed by atoms with E-state index in [2.05, 4.69) is 10.6 Å². The second-order valence-electron chi connectivity index (χ2n) is 4.75. The molecule has 100 valence electrons. The van der Waals surface area contributed by atoms with Crippen LogP contribution in [0.25, 0.3) is 0 Å². The monoisotopic (exact) mass is 266 g/mol. The minimum absolute atomic E-state index is 0.116. The van der Waals surface area contributed by atoms with Crippen molar-refractivity contribution in [1.29, 1.82) is 0 Å². The standard InChI is InChI=1S/C16H14N2O2/c19-15(17-11-6-2-1-3-7-11)10-13-12-8-4-5-9-14(12)18-16(13)20/h1-9,13H,10H2,(H,17,19)(H,18,20). The van der Waals surface area contributed by atoms with Crippen LogP contribution in [0.4, 0.5) is 11.4 Å². The molecule has 0 aliphatic carbocycles. The third kappa shape index (κ3) is 2.40. The molecule has 4 heteroatoms. The molecule has 1 atom stereocenters. The maximum atomic E-state index is 12.0. The van der Waals surface area contributed by atoms with Gasteiger partial charge in [0.2, 0.25) is 11.8 Å². The fraction of sp³-hybridized carbons (Fsp3) is 0.125. The van der Waals surface area contributed by atoms with Gasteiger partial charge in [0.1, 0.15) is 0 Å². The second kappa shape index (κ2) is 5.17. The highest BCUT2D eigenvalue weighted by atomic mass is 16.2. The quantitative estimate of drug-likeness (QED) is 0.897. The van der Waals surface area contributed by atoms with Crippen LogP contribution in [0.1, 0.15) is 17.9 Å². The number of carbonyl (C=O) groups is 2. The maximum Gasteiger partial charge on any atom is 0.232 e. The van der Waals surface area contributed by atoms with Crippen LogP contribution in [0.15, 0.2) is 54.6 Å². The molecule has 0 bridgehead atoms. The van der Waals surface area contributed by atoms with Gasteiger partial charge in [-0.2, -0.15) is 0 Å². The first-order valence-corrected chi connectivity index (χ1v) is 6.49. The van der Waals surface area contributed by atoms with Crippen molar-refractivity contribution in [3.05, 3.63) is 60.2 Å². The van der Waals surface area contributed by atoms with Gasteiger partial charge in [-0.3, -0.25) is 9.59 Å². The van der Waals surface area contributed by atoms with Crippen molar-refractivity contribution < 1.29 is 9.59 Å². The van der Waals surface area contributed by atoms with Crippen LogP contribution in [-0.4, -0.2) is 11.8 Å². The summed E-state index contributed by atoms with van der Waals surface area (Å²) >= 11 is 0. The average Bonchev–Trinajstić information content (AvgIpc) is 2.76. The predicted octanol–water partition coefficient (Wildman–Crippen LogP) is 2.75. The molecule has 0 fully saturated rings. The Morgan fingerprint density at radius 1 is 1.05 bits per heavy atom. The van der Waals surface area contributed by atoms with Gasteiger partial charge in [-0.15, -0.1) is 0 Å². The van der Waals surface area contributed by atoms with Crippen LogP contribution in [0, 0.1) is 0 Å². The molecule has 0 radical (unpaired) electrons. The van der Waals surface area contributed by atoms with E-state index in [1.54, 1.807) is 0 Å². The predicted molar refractivity (Wildman–Crippen MR) is 77.5 cm³/mol. The highest BCUT2D eigenvalue weighted by Crippen LogP contribution is 2.34. The maximum absolute atomic E-state index is 12.0. The Morgan fingerprint density at radius 2 is 1.75 bits per heavy atom. The van der Waals surface area contributed by atoms with E-state index in [9.17, 15) is 9.59 Å². The summed E-state index contributed by atoms with van der Waals surface area (Å²) in [7, 11) is 0. The Labute approximate surface area is 116 Å². The minimum Gasteiger partial charge on any atom is -0.326 e. The molecule has 2 amide bonds. The van der Waals surface area contributed by atoms with Crippen LogP contribution in [0.3, 0.4) is 0 Å². The number of nitrogens with one attached hydrogen (secondary N) is 2. The summed E-state index contributed by atoms with van der Waals surface area (Å²) in [4.78, 5) is 24.0. The topological polar surface area (TPSA) is 58.2 Å². The van der Waals surface area contributed by atoms with E-state index >= 15 is 0 Å².